The molecule has 0 atom stereocenters. The monoisotopic (exact) mass is 343 g/mol. The highest BCUT2D eigenvalue weighted by atomic mass is 16.7. The highest BCUT2D eigenvalue weighted by Crippen LogP contribution is 2.29. The Bertz CT molecular complexity index is 698. The number of hydroxylamine groups is 2. The van der Waals surface area contributed by atoms with Gasteiger partial charge in [0.05, 0.1) is 19.6 Å². The molecule has 5 heteroatoms. The molecule has 0 aromatic heterocycles. The van der Waals surface area contributed by atoms with Crippen molar-refractivity contribution in [2.75, 3.05) is 27.2 Å². The van der Waals surface area contributed by atoms with Gasteiger partial charge in [0.15, 0.2) is 0 Å². The molecule has 0 bridgehead atoms. The number of carbonyl (C=O) groups excluding carboxylic acids is 1. The Labute approximate surface area is 151 Å². The summed E-state index contributed by atoms with van der Waals surface area (Å²) in [5.74, 6) is 0.00173. The van der Waals surface area contributed by atoms with E-state index in [1.54, 1.807) is 19.1 Å². The van der Waals surface area contributed by atoms with Crippen molar-refractivity contribution in [3.05, 3.63) is 33.9 Å². The van der Waals surface area contributed by atoms with E-state index in [2.05, 4.69) is 39.8 Å². The molecule has 0 aliphatic carbocycles. The average molecular weight is 343 g/mol. The minimum atomic E-state index is -0.742. The number of rotatable bonds is 4. The van der Waals surface area contributed by atoms with Crippen molar-refractivity contribution in [3.63, 3.8) is 0 Å². The van der Waals surface area contributed by atoms with Crippen molar-refractivity contribution in [3.8, 4) is 6.07 Å². The Morgan fingerprint density at radius 2 is 1.84 bits per heavy atom. The third-order valence-electron chi connectivity index (χ3n) is 5.88. The number of carbonyl (C=O) groups is 1. The Balaban J connectivity index is 2.21. The summed E-state index contributed by atoms with van der Waals surface area (Å²) in [6.45, 7) is 9.64. The smallest absolute Gasteiger partial charge is 0.228 e. The fourth-order valence-electron chi connectivity index (χ4n) is 3.68. The molecular weight excluding hydrogens is 314 g/mol. The number of benzene rings is 1. The molecule has 5 nitrogen and oxygen atoms in total. The largest absolute Gasteiger partial charge is 0.327 e. The molecule has 136 valence electrons. The van der Waals surface area contributed by atoms with Gasteiger partial charge in [-0.25, -0.2) is 0 Å². The van der Waals surface area contributed by atoms with Crippen LogP contribution in [0.5, 0.6) is 0 Å². The number of hydrogen-bond donors (Lipinski definition) is 0. The molecule has 0 saturated carbocycles. The average Bonchev–Trinajstić information content (AvgIpc) is 2.62. The molecule has 1 aliphatic heterocycles. The van der Waals surface area contributed by atoms with Gasteiger partial charge in [-0.05, 0) is 68.4 Å². The summed E-state index contributed by atoms with van der Waals surface area (Å²) in [5, 5.41) is 11.6. The second kappa shape index (κ2) is 7.55. The zero-order chi connectivity index (χ0) is 18.8. The van der Waals surface area contributed by atoms with E-state index in [-0.39, 0.29) is 5.91 Å². The first-order valence-corrected chi connectivity index (χ1v) is 8.79. The van der Waals surface area contributed by atoms with Gasteiger partial charge in [0, 0.05) is 20.1 Å². The first-order chi connectivity index (χ1) is 11.8. The summed E-state index contributed by atoms with van der Waals surface area (Å²) in [6.07, 6.45) is 1.54. The van der Waals surface area contributed by atoms with Crippen LogP contribution in [0.4, 0.5) is 0 Å². The minimum Gasteiger partial charge on any atom is -0.327 e. The Kier molecular flexibility index (Phi) is 5.87. The lowest BCUT2D eigenvalue weighted by Gasteiger charge is -2.42. The number of likely N-dealkylation sites (N-methyl/N-ethyl adjacent to an activating group) is 1. The summed E-state index contributed by atoms with van der Waals surface area (Å²) < 4.78 is 0. The summed E-state index contributed by atoms with van der Waals surface area (Å²) in [4.78, 5) is 19.9. The predicted octanol–water partition coefficient (Wildman–Crippen LogP) is 2.84. The van der Waals surface area contributed by atoms with E-state index >= 15 is 0 Å². The Hall–Kier alpha value is -1.90. The Morgan fingerprint density at radius 1 is 1.24 bits per heavy atom. The van der Waals surface area contributed by atoms with Gasteiger partial charge in [-0.3, -0.25) is 4.79 Å². The summed E-state index contributed by atoms with van der Waals surface area (Å²) in [7, 11) is 3.40. The lowest BCUT2D eigenvalue weighted by Crippen LogP contribution is -2.55. The van der Waals surface area contributed by atoms with Gasteiger partial charge in [0.2, 0.25) is 5.91 Å². The molecule has 1 aliphatic rings. The Morgan fingerprint density at radius 3 is 2.36 bits per heavy atom. The summed E-state index contributed by atoms with van der Waals surface area (Å²) >= 11 is 0. The molecule has 1 heterocycles. The van der Waals surface area contributed by atoms with Gasteiger partial charge in [0.1, 0.15) is 5.54 Å². The van der Waals surface area contributed by atoms with Crippen molar-refractivity contribution < 1.29 is 9.63 Å². The standard InChI is InChI=1S/C20H29N3O2/c1-14-11-15(2)18(17(4)16(14)3)12-19(24)22(5)20(13-21)7-9-23(25-6)10-8-20/h11H,7-10,12H2,1-6H3. The van der Waals surface area contributed by atoms with Crippen molar-refractivity contribution >= 4 is 5.91 Å². The molecule has 1 aromatic rings. The second-order valence-electron chi connectivity index (χ2n) is 7.12. The highest BCUT2D eigenvalue weighted by Gasteiger charge is 2.41. The zero-order valence-corrected chi connectivity index (χ0v) is 16.3. The van der Waals surface area contributed by atoms with Crippen molar-refractivity contribution in [1.82, 2.24) is 9.96 Å². The molecular formula is C20H29N3O2. The minimum absolute atomic E-state index is 0.00173. The predicted molar refractivity (Wildman–Crippen MR) is 98.0 cm³/mol. The van der Waals surface area contributed by atoms with Crippen LogP contribution in [-0.2, 0) is 16.1 Å². The van der Waals surface area contributed by atoms with E-state index in [1.165, 1.54) is 16.7 Å². The number of nitrogens with zero attached hydrogens (tertiary/aromatic N) is 3. The maximum absolute atomic E-state index is 13.0. The van der Waals surface area contributed by atoms with Crippen LogP contribution < -0.4 is 0 Å². The lowest BCUT2D eigenvalue weighted by atomic mass is 9.87. The SMILES string of the molecule is CON1CCC(C#N)(N(C)C(=O)Cc2c(C)cc(C)c(C)c2C)CC1. The van der Waals surface area contributed by atoms with Crippen LogP contribution in [0.1, 0.15) is 40.7 Å². The molecule has 0 unspecified atom stereocenters. The van der Waals surface area contributed by atoms with Crippen LogP contribution in [0.3, 0.4) is 0 Å². The fourth-order valence-corrected chi connectivity index (χ4v) is 3.68. The zero-order valence-electron chi connectivity index (χ0n) is 16.3. The quantitative estimate of drug-likeness (QED) is 0.843. The molecule has 1 fully saturated rings. The van der Waals surface area contributed by atoms with Crippen LogP contribution in [0, 0.1) is 39.0 Å². The number of amides is 1. The lowest BCUT2D eigenvalue weighted by molar-refractivity contribution is -0.161. The van der Waals surface area contributed by atoms with Crippen LogP contribution >= 0.6 is 0 Å². The molecule has 1 aromatic carbocycles. The number of hydrogen-bond acceptors (Lipinski definition) is 4. The van der Waals surface area contributed by atoms with E-state index in [0.29, 0.717) is 32.4 Å². The van der Waals surface area contributed by atoms with Crippen LogP contribution in [-0.4, -0.2) is 48.7 Å². The third kappa shape index (κ3) is 3.70. The van der Waals surface area contributed by atoms with Gasteiger partial charge in [0.25, 0.3) is 0 Å². The van der Waals surface area contributed by atoms with Gasteiger partial charge in [-0.1, -0.05) is 6.07 Å². The molecule has 0 radical (unpaired) electrons. The van der Waals surface area contributed by atoms with Crippen LogP contribution in [0.2, 0.25) is 0 Å². The first kappa shape index (κ1) is 19.4. The first-order valence-electron chi connectivity index (χ1n) is 8.79. The second-order valence-corrected chi connectivity index (χ2v) is 7.12. The van der Waals surface area contributed by atoms with Gasteiger partial charge < -0.3 is 9.74 Å². The molecule has 25 heavy (non-hydrogen) atoms. The number of aryl methyl sites for hydroxylation is 2. The van der Waals surface area contributed by atoms with E-state index in [0.717, 1.165) is 11.1 Å². The van der Waals surface area contributed by atoms with E-state index < -0.39 is 5.54 Å². The molecule has 1 amide bonds. The van der Waals surface area contributed by atoms with Crippen LogP contribution in [0.15, 0.2) is 6.07 Å². The van der Waals surface area contributed by atoms with Crippen molar-refractivity contribution in [2.45, 2.75) is 52.5 Å². The summed E-state index contributed by atoms with van der Waals surface area (Å²) in [6, 6.07) is 4.54. The highest BCUT2D eigenvalue weighted by molar-refractivity contribution is 5.80. The molecule has 1 saturated heterocycles. The van der Waals surface area contributed by atoms with E-state index in [4.69, 9.17) is 4.84 Å². The van der Waals surface area contributed by atoms with Crippen molar-refractivity contribution in [1.29, 1.82) is 5.26 Å². The normalized spacial score (nSPS) is 17.2. The van der Waals surface area contributed by atoms with Crippen molar-refractivity contribution in [2.24, 2.45) is 0 Å². The third-order valence-corrected chi connectivity index (χ3v) is 5.88. The van der Waals surface area contributed by atoms with E-state index in [9.17, 15) is 10.1 Å². The summed E-state index contributed by atoms with van der Waals surface area (Å²) in [5.41, 5.74) is 5.15. The topological polar surface area (TPSA) is 56.6 Å². The van der Waals surface area contributed by atoms with Gasteiger partial charge in [-0.15, -0.1) is 0 Å². The number of nitriles is 1. The maximum atomic E-state index is 13.0. The molecule has 0 N–H and O–H groups in total. The molecule has 2 rings (SSSR count). The van der Waals surface area contributed by atoms with Gasteiger partial charge in [-0.2, -0.15) is 10.3 Å². The molecule has 0 spiro atoms. The fraction of sp³-hybridized carbons (Fsp3) is 0.600. The van der Waals surface area contributed by atoms with Gasteiger partial charge >= 0.3 is 0 Å². The van der Waals surface area contributed by atoms with E-state index in [1.807, 2.05) is 5.06 Å². The number of piperidine rings is 1. The maximum Gasteiger partial charge on any atom is 0.228 e. The van der Waals surface area contributed by atoms with Crippen LogP contribution in [0.25, 0.3) is 0 Å².